The standard InChI is InChI=1S/C9H8F2O/c1-9(5-12-9)7-4-6(10)2-3-8(7)11/h2-4H,5H2,1H3. The van der Waals surface area contributed by atoms with Crippen molar-refractivity contribution < 1.29 is 13.5 Å². The number of halogens is 2. The Morgan fingerprint density at radius 1 is 1.42 bits per heavy atom. The van der Waals surface area contributed by atoms with Gasteiger partial charge >= 0.3 is 0 Å². The van der Waals surface area contributed by atoms with Crippen LogP contribution in [0.4, 0.5) is 8.78 Å². The van der Waals surface area contributed by atoms with Crippen molar-refractivity contribution in [3.8, 4) is 0 Å². The van der Waals surface area contributed by atoms with Gasteiger partial charge in [0.2, 0.25) is 0 Å². The van der Waals surface area contributed by atoms with Gasteiger partial charge in [0.05, 0.1) is 6.61 Å². The lowest BCUT2D eigenvalue weighted by molar-refractivity contribution is 0.320. The Hall–Kier alpha value is -0.960. The molecule has 0 spiro atoms. The second-order valence-corrected chi connectivity index (χ2v) is 3.14. The first-order chi connectivity index (χ1) is 5.62. The van der Waals surface area contributed by atoms with Crippen LogP contribution in [-0.4, -0.2) is 6.61 Å². The average Bonchev–Trinajstić information content (AvgIpc) is 2.75. The molecular weight excluding hydrogens is 162 g/mol. The smallest absolute Gasteiger partial charge is 0.129 e. The number of epoxide rings is 1. The summed E-state index contributed by atoms with van der Waals surface area (Å²) in [6, 6.07) is 3.41. The van der Waals surface area contributed by atoms with Crippen LogP contribution in [0.2, 0.25) is 0 Å². The normalized spacial score (nSPS) is 27.2. The lowest BCUT2D eigenvalue weighted by Crippen LogP contribution is -2.05. The predicted octanol–water partition coefficient (Wildman–Crippen LogP) is 2.21. The van der Waals surface area contributed by atoms with Crippen molar-refractivity contribution >= 4 is 0 Å². The van der Waals surface area contributed by atoms with Crippen LogP contribution in [0.3, 0.4) is 0 Å². The molecule has 0 bridgehead atoms. The Bertz CT molecular complexity index is 318. The van der Waals surface area contributed by atoms with Crippen molar-refractivity contribution in [2.45, 2.75) is 12.5 Å². The summed E-state index contributed by atoms with van der Waals surface area (Å²) < 4.78 is 30.8. The number of ether oxygens (including phenoxy) is 1. The van der Waals surface area contributed by atoms with Crippen LogP contribution < -0.4 is 0 Å². The molecule has 1 saturated heterocycles. The van der Waals surface area contributed by atoms with Crippen molar-refractivity contribution in [1.29, 1.82) is 0 Å². The van der Waals surface area contributed by atoms with Crippen LogP contribution in [0.25, 0.3) is 0 Å². The van der Waals surface area contributed by atoms with Crippen LogP contribution >= 0.6 is 0 Å². The molecule has 1 aliphatic heterocycles. The summed E-state index contributed by atoms with van der Waals surface area (Å²) in [5, 5.41) is 0. The molecule has 1 aromatic carbocycles. The van der Waals surface area contributed by atoms with E-state index in [0.29, 0.717) is 12.2 Å². The van der Waals surface area contributed by atoms with E-state index in [1.807, 2.05) is 0 Å². The highest BCUT2D eigenvalue weighted by Gasteiger charge is 2.43. The summed E-state index contributed by atoms with van der Waals surface area (Å²) in [6.07, 6.45) is 0. The molecule has 0 saturated carbocycles. The molecule has 1 fully saturated rings. The van der Waals surface area contributed by atoms with E-state index >= 15 is 0 Å². The third-order valence-electron chi connectivity index (χ3n) is 2.08. The molecule has 1 heterocycles. The van der Waals surface area contributed by atoms with Crippen molar-refractivity contribution in [2.75, 3.05) is 6.61 Å². The fourth-order valence-electron chi connectivity index (χ4n) is 1.17. The van der Waals surface area contributed by atoms with E-state index in [1.54, 1.807) is 6.92 Å². The maximum atomic E-state index is 13.1. The van der Waals surface area contributed by atoms with Gasteiger partial charge in [0.1, 0.15) is 17.2 Å². The highest BCUT2D eigenvalue weighted by molar-refractivity contribution is 5.28. The molecule has 0 N–H and O–H groups in total. The van der Waals surface area contributed by atoms with Crippen LogP contribution in [-0.2, 0) is 10.3 Å². The Kier molecular flexibility index (Phi) is 1.45. The van der Waals surface area contributed by atoms with Crippen LogP contribution in [0, 0.1) is 11.6 Å². The largest absolute Gasteiger partial charge is 0.365 e. The first kappa shape index (κ1) is 7.68. The number of benzene rings is 1. The molecule has 1 atom stereocenters. The number of rotatable bonds is 1. The molecule has 0 aromatic heterocycles. The van der Waals surface area contributed by atoms with Crippen molar-refractivity contribution in [1.82, 2.24) is 0 Å². The highest BCUT2D eigenvalue weighted by Crippen LogP contribution is 2.39. The fourth-order valence-corrected chi connectivity index (χ4v) is 1.17. The molecule has 3 heteroatoms. The van der Waals surface area contributed by atoms with E-state index in [0.717, 1.165) is 12.1 Å². The minimum Gasteiger partial charge on any atom is -0.365 e. The first-order valence-corrected chi connectivity index (χ1v) is 3.71. The fraction of sp³-hybridized carbons (Fsp3) is 0.333. The molecule has 0 aliphatic carbocycles. The van der Waals surface area contributed by atoms with E-state index in [1.165, 1.54) is 6.07 Å². The predicted molar refractivity (Wildman–Crippen MR) is 39.7 cm³/mol. The Morgan fingerprint density at radius 2 is 2.08 bits per heavy atom. The van der Waals surface area contributed by atoms with Gasteiger partial charge in [-0.3, -0.25) is 0 Å². The van der Waals surface area contributed by atoms with Gasteiger partial charge in [-0.15, -0.1) is 0 Å². The number of hydrogen-bond donors (Lipinski definition) is 0. The van der Waals surface area contributed by atoms with Gasteiger partial charge in [-0.25, -0.2) is 8.78 Å². The van der Waals surface area contributed by atoms with E-state index < -0.39 is 17.2 Å². The molecule has 0 amide bonds. The van der Waals surface area contributed by atoms with Crippen LogP contribution in [0.1, 0.15) is 12.5 Å². The lowest BCUT2D eigenvalue weighted by Gasteiger charge is -2.06. The minimum atomic E-state index is -0.591. The van der Waals surface area contributed by atoms with Gasteiger partial charge in [-0.2, -0.15) is 0 Å². The van der Waals surface area contributed by atoms with Crippen molar-refractivity contribution in [2.24, 2.45) is 0 Å². The van der Waals surface area contributed by atoms with Gasteiger partial charge in [-0.1, -0.05) is 0 Å². The summed E-state index contributed by atoms with van der Waals surface area (Å²) in [6.45, 7) is 2.21. The third kappa shape index (κ3) is 1.10. The number of hydrogen-bond acceptors (Lipinski definition) is 1. The maximum absolute atomic E-state index is 13.1. The van der Waals surface area contributed by atoms with Gasteiger partial charge < -0.3 is 4.74 Å². The highest BCUT2D eigenvalue weighted by atomic mass is 19.1. The Balaban J connectivity index is 2.48. The maximum Gasteiger partial charge on any atom is 0.129 e. The zero-order valence-corrected chi connectivity index (χ0v) is 6.60. The molecule has 64 valence electrons. The average molecular weight is 170 g/mol. The second kappa shape index (κ2) is 2.26. The Morgan fingerprint density at radius 3 is 2.67 bits per heavy atom. The zero-order valence-electron chi connectivity index (χ0n) is 6.60. The molecule has 1 nitrogen and oxygen atoms in total. The van der Waals surface area contributed by atoms with Gasteiger partial charge in [-0.05, 0) is 25.1 Å². The molecule has 1 aliphatic rings. The van der Waals surface area contributed by atoms with Crippen LogP contribution in [0.5, 0.6) is 0 Å². The molecule has 2 rings (SSSR count). The summed E-state index contributed by atoms with van der Waals surface area (Å²) in [5.74, 6) is -0.834. The molecule has 12 heavy (non-hydrogen) atoms. The summed E-state index contributed by atoms with van der Waals surface area (Å²) >= 11 is 0. The van der Waals surface area contributed by atoms with Gasteiger partial charge in [0.25, 0.3) is 0 Å². The summed E-state index contributed by atoms with van der Waals surface area (Å²) in [7, 11) is 0. The van der Waals surface area contributed by atoms with E-state index in [-0.39, 0.29) is 0 Å². The summed E-state index contributed by atoms with van der Waals surface area (Å²) in [4.78, 5) is 0. The molecule has 0 radical (unpaired) electrons. The third-order valence-corrected chi connectivity index (χ3v) is 2.08. The van der Waals surface area contributed by atoms with E-state index in [2.05, 4.69) is 0 Å². The van der Waals surface area contributed by atoms with E-state index in [9.17, 15) is 8.78 Å². The SMILES string of the molecule is CC1(c2cc(F)ccc2F)CO1. The first-order valence-electron chi connectivity index (χ1n) is 3.71. The zero-order chi connectivity index (χ0) is 8.77. The summed E-state index contributed by atoms with van der Waals surface area (Å²) in [5.41, 5.74) is -0.283. The van der Waals surface area contributed by atoms with Crippen molar-refractivity contribution in [3.05, 3.63) is 35.4 Å². The van der Waals surface area contributed by atoms with Gasteiger partial charge in [0, 0.05) is 5.56 Å². The molecular formula is C9H8F2O. The lowest BCUT2D eigenvalue weighted by atomic mass is 10.0. The minimum absolute atomic E-state index is 0.308. The topological polar surface area (TPSA) is 12.5 Å². The van der Waals surface area contributed by atoms with Crippen molar-refractivity contribution in [3.63, 3.8) is 0 Å². The van der Waals surface area contributed by atoms with Crippen LogP contribution in [0.15, 0.2) is 18.2 Å². The van der Waals surface area contributed by atoms with Gasteiger partial charge in [0.15, 0.2) is 0 Å². The monoisotopic (exact) mass is 170 g/mol. The van der Waals surface area contributed by atoms with E-state index in [4.69, 9.17) is 4.74 Å². The quantitative estimate of drug-likeness (QED) is 0.588. The second-order valence-electron chi connectivity index (χ2n) is 3.14. The Labute approximate surface area is 69.0 Å². The molecule has 1 unspecified atom stereocenters. The molecule has 1 aromatic rings.